The minimum Gasteiger partial charge on any atom is -0.357 e. The van der Waals surface area contributed by atoms with Crippen LogP contribution in [0.2, 0.25) is 0 Å². The first-order valence-electron chi connectivity index (χ1n) is 9.33. The lowest BCUT2D eigenvalue weighted by Gasteiger charge is -2.21. The molecule has 124 valence electrons. The van der Waals surface area contributed by atoms with Crippen LogP contribution in [0.4, 0.5) is 5.82 Å². The van der Waals surface area contributed by atoms with E-state index in [1.165, 1.54) is 51.4 Å². The van der Waals surface area contributed by atoms with Crippen molar-refractivity contribution in [1.82, 2.24) is 10.3 Å². The first-order chi connectivity index (χ1) is 11.3. The van der Waals surface area contributed by atoms with E-state index in [4.69, 9.17) is 0 Å². The van der Waals surface area contributed by atoms with Crippen molar-refractivity contribution >= 4 is 11.7 Å². The largest absolute Gasteiger partial charge is 0.357 e. The second-order valence-electron chi connectivity index (χ2n) is 7.48. The summed E-state index contributed by atoms with van der Waals surface area (Å²) in [5, 5.41) is 3.27. The minimum atomic E-state index is 0.0590. The van der Waals surface area contributed by atoms with Crippen molar-refractivity contribution in [3.8, 4) is 0 Å². The molecule has 1 amide bonds. The van der Waals surface area contributed by atoms with Gasteiger partial charge in [0, 0.05) is 25.3 Å². The van der Waals surface area contributed by atoms with Crippen molar-refractivity contribution in [2.24, 2.45) is 11.8 Å². The van der Waals surface area contributed by atoms with Gasteiger partial charge in [-0.15, -0.1) is 0 Å². The highest BCUT2D eigenvalue weighted by atomic mass is 16.1. The predicted molar refractivity (Wildman–Crippen MR) is 91.6 cm³/mol. The average molecular weight is 313 g/mol. The number of carbonyl (C=O) groups is 1. The number of pyridine rings is 1. The molecule has 4 heteroatoms. The van der Waals surface area contributed by atoms with Crippen LogP contribution in [-0.2, 0) is 0 Å². The molecule has 0 bridgehead atoms. The molecule has 2 saturated carbocycles. The number of carbonyl (C=O) groups excluding carboxylic acids is 1. The molecular formula is C19H27N3O. The molecule has 0 aromatic carbocycles. The number of anilines is 1. The number of aromatic nitrogens is 1. The quantitative estimate of drug-likeness (QED) is 0.906. The summed E-state index contributed by atoms with van der Waals surface area (Å²) in [5.41, 5.74) is 0.704. The first kappa shape index (κ1) is 15.0. The van der Waals surface area contributed by atoms with Gasteiger partial charge in [-0.3, -0.25) is 4.79 Å². The van der Waals surface area contributed by atoms with E-state index in [1.807, 2.05) is 12.1 Å². The van der Waals surface area contributed by atoms with Gasteiger partial charge in [-0.05, 0) is 62.5 Å². The molecule has 1 aliphatic heterocycles. The lowest BCUT2D eigenvalue weighted by molar-refractivity contribution is 0.0926. The molecular weight excluding hydrogens is 286 g/mol. The third kappa shape index (κ3) is 3.67. The predicted octanol–water partition coefficient (Wildman–Crippen LogP) is 3.38. The Balaban J connectivity index is 1.39. The zero-order valence-corrected chi connectivity index (χ0v) is 13.8. The molecule has 1 aromatic rings. The summed E-state index contributed by atoms with van der Waals surface area (Å²) in [6.07, 6.45) is 12.0. The van der Waals surface area contributed by atoms with Gasteiger partial charge in [0.1, 0.15) is 5.82 Å². The Morgan fingerprint density at radius 2 is 1.70 bits per heavy atom. The van der Waals surface area contributed by atoms with Crippen LogP contribution in [0.5, 0.6) is 0 Å². The number of hydrogen-bond acceptors (Lipinski definition) is 3. The Labute approximate surface area is 138 Å². The number of hydrogen-bond donors (Lipinski definition) is 1. The second kappa shape index (κ2) is 6.50. The van der Waals surface area contributed by atoms with Gasteiger partial charge in [0.2, 0.25) is 0 Å². The average Bonchev–Trinajstić information content (AvgIpc) is 3.45. The summed E-state index contributed by atoms with van der Waals surface area (Å²) in [7, 11) is 0. The molecule has 0 atom stereocenters. The van der Waals surface area contributed by atoms with E-state index in [9.17, 15) is 4.79 Å². The van der Waals surface area contributed by atoms with E-state index in [0.717, 1.165) is 30.7 Å². The van der Waals surface area contributed by atoms with E-state index >= 15 is 0 Å². The normalized spacial score (nSPS) is 22.0. The van der Waals surface area contributed by atoms with E-state index < -0.39 is 0 Å². The number of amides is 1. The maximum Gasteiger partial charge on any atom is 0.253 e. The highest BCUT2D eigenvalue weighted by Crippen LogP contribution is 2.44. The highest BCUT2D eigenvalue weighted by molar-refractivity contribution is 5.94. The van der Waals surface area contributed by atoms with E-state index in [1.54, 1.807) is 6.20 Å². The maximum atomic E-state index is 12.5. The molecule has 23 heavy (non-hydrogen) atoms. The molecule has 1 saturated heterocycles. The van der Waals surface area contributed by atoms with Gasteiger partial charge in [-0.25, -0.2) is 4.98 Å². The van der Waals surface area contributed by atoms with Crippen molar-refractivity contribution in [3.63, 3.8) is 0 Å². The fourth-order valence-corrected chi connectivity index (χ4v) is 3.77. The van der Waals surface area contributed by atoms with Gasteiger partial charge in [0.25, 0.3) is 5.91 Å². The SMILES string of the molecule is O=C(NC(C1CC1)C1CC1)c1ccc(N2CCCCCC2)nc1. The number of nitrogens with one attached hydrogen (secondary N) is 1. The Kier molecular flexibility index (Phi) is 4.23. The molecule has 0 unspecified atom stereocenters. The molecule has 0 spiro atoms. The summed E-state index contributed by atoms with van der Waals surface area (Å²) in [6.45, 7) is 2.17. The summed E-state index contributed by atoms with van der Waals surface area (Å²) in [4.78, 5) is 19.4. The topological polar surface area (TPSA) is 45.2 Å². The third-order valence-electron chi connectivity index (χ3n) is 5.50. The van der Waals surface area contributed by atoms with Gasteiger partial charge in [0.05, 0.1) is 5.56 Å². The highest BCUT2D eigenvalue weighted by Gasteiger charge is 2.42. The molecule has 2 heterocycles. The number of rotatable bonds is 5. The minimum absolute atomic E-state index is 0.0590. The molecule has 4 nitrogen and oxygen atoms in total. The van der Waals surface area contributed by atoms with Crippen LogP contribution in [-0.4, -0.2) is 30.0 Å². The van der Waals surface area contributed by atoms with Crippen LogP contribution >= 0.6 is 0 Å². The molecule has 3 fully saturated rings. The lowest BCUT2D eigenvalue weighted by Crippen LogP contribution is -2.38. The third-order valence-corrected chi connectivity index (χ3v) is 5.50. The smallest absolute Gasteiger partial charge is 0.253 e. The van der Waals surface area contributed by atoms with Gasteiger partial charge >= 0.3 is 0 Å². The maximum absolute atomic E-state index is 12.5. The van der Waals surface area contributed by atoms with Crippen molar-refractivity contribution in [3.05, 3.63) is 23.9 Å². The van der Waals surface area contributed by atoms with Gasteiger partial charge < -0.3 is 10.2 Å². The van der Waals surface area contributed by atoms with Crippen LogP contribution in [0.3, 0.4) is 0 Å². The number of nitrogens with zero attached hydrogens (tertiary/aromatic N) is 2. The second-order valence-corrected chi connectivity index (χ2v) is 7.48. The van der Waals surface area contributed by atoms with E-state index in [2.05, 4.69) is 15.2 Å². The zero-order valence-electron chi connectivity index (χ0n) is 13.8. The standard InChI is InChI=1S/C19H27N3O/c23-19(21-18(14-5-6-14)15-7-8-15)16-9-10-17(20-13-16)22-11-3-1-2-4-12-22/h9-10,13-15,18H,1-8,11-12H2,(H,21,23). The zero-order chi connectivity index (χ0) is 15.6. The monoisotopic (exact) mass is 313 g/mol. The molecule has 1 N–H and O–H groups in total. The molecule has 4 rings (SSSR count). The molecule has 0 radical (unpaired) electrons. The van der Waals surface area contributed by atoms with Gasteiger partial charge in [0.15, 0.2) is 0 Å². The summed E-state index contributed by atoms with van der Waals surface area (Å²) >= 11 is 0. The first-order valence-corrected chi connectivity index (χ1v) is 9.33. The summed E-state index contributed by atoms with van der Waals surface area (Å²) in [5.74, 6) is 2.54. The van der Waals surface area contributed by atoms with Crippen molar-refractivity contribution in [2.45, 2.75) is 57.4 Å². The van der Waals surface area contributed by atoms with Crippen LogP contribution in [0, 0.1) is 11.8 Å². The fourth-order valence-electron chi connectivity index (χ4n) is 3.77. The Morgan fingerprint density at radius 3 is 2.22 bits per heavy atom. The van der Waals surface area contributed by atoms with Crippen LogP contribution in [0.1, 0.15) is 61.7 Å². The van der Waals surface area contributed by atoms with Crippen molar-refractivity contribution < 1.29 is 4.79 Å². The Morgan fingerprint density at radius 1 is 1.04 bits per heavy atom. The van der Waals surface area contributed by atoms with Gasteiger partial charge in [-0.2, -0.15) is 0 Å². The molecule has 3 aliphatic rings. The van der Waals surface area contributed by atoms with E-state index in [-0.39, 0.29) is 5.91 Å². The molecule has 2 aliphatic carbocycles. The van der Waals surface area contributed by atoms with Crippen LogP contribution in [0.25, 0.3) is 0 Å². The van der Waals surface area contributed by atoms with Gasteiger partial charge in [-0.1, -0.05) is 12.8 Å². The van der Waals surface area contributed by atoms with Crippen molar-refractivity contribution in [1.29, 1.82) is 0 Å². The van der Waals surface area contributed by atoms with E-state index in [0.29, 0.717) is 11.6 Å². The van der Waals surface area contributed by atoms with Crippen LogP contribution in [0.15, 0.2) is 18.3 Å². The van der Waals surface area contributed by atoms with Crippen molar-refractivity contribution in [2.75, 3.05) is 18.0 Å². The summed E-state index contributed by atoms with van der Waals surface area (Å²) < 4.78 is 0. The fraction of sp³-hybridized carbons (Fsp3) is 0.684. The lowest BCUT2D eigenvalue weighted by atomic mass is 10.1. The summed E-state index contributed by atoms with van der Waals surface area (Å²) in [6, 6.07) is 4.37. The Hall–Kier alpha value is -1.58. The Bertz CT molecular complexity index is 528. The molecule has 1 aromatic heterocycles. The van der Waals surface area contributed by atoms with Crippen LogP contribution < -0.4 is 10.2 Å².